The van der Waals surface area contributed by atoms with Crippen LogP contribution in [-0.2, 0) is 6.42 Å². The number of amides is 1. The van der Waals surface area contributed by atoms with E-state index >= 15 is 0 Å². The highest BCUT2D eigenvalue weighted by molar-refractivity contribution is 6.07. The van der Waals surface area contributed by atoms with E-state index in [1.165, 1.54) is 0 Å². The number of benzene rings is 1. The summed E-state index contributed by atoms with van der Waals surface area (Å²) in [6.07, 6.45) is 2.28. The average Bonchev–Trinajstić information content (AvgIpc) is 2.49. The zero-order valence-corrected chi connectivity index (χ0v) is 12.2. The summed E-state index contributed by atoms with van der Waals surface area (Å²) in [5.41, 5.74) is 2.28. The molecule has 2 aromatic rings. The molecule has 0 radical (unpaired) electrons. The number of anilines is 2. The Balaban J connectivity index is 2.14. The molecule has 0 aliphatic heterocycles. The summed E-state index contributed by atoms with van der Waals surface area (Å²) in [7, 11) is 3.70. The highest BCUT2D eigenvalue weighted by Gasteiger charge is 2.13. The van der Waals surface area contributed by atoms with Gasteiger partial charge in [0.1, 0.15) is 5.82 Å². The Morgan fingerprint density at radius 2 is 1.95 bits per heavy atom. The van der Waals surface area contributed by atoms with Crippen LogP contribution in [0.25, 0.3) is 0 Å². The van der Waals surface area contributed by atoms with Crippen LogP contribution in [0.15, 0.2) is 42.6 Å². The smallest absolute Gasteiger partial charge is 0.259 e. The maximum absolute atomic E-state index is 12.3. The van der Waals surface area contributed by atoms with Crippen LogP contribution in [0.5, 0.6) is 0 Å². The van der Waals surface area contributed by atoms with E-state index < -0.39 is 0 Å². The topological polar surface area (TPSA) is 65.5 Å². The molecule has 110 valence electrons. The van der Waals surface area contributed by atoms with E-state index in [1.54, 1.807) is 23.2 Å². The van der Waals surface area contributed by atoms with Gasteiger partial charge in [0.15, 0.2) is 0 Å². The standard InChI is InChI=1S/C16H19N3O2/c1-19(2)15-14(4-3-10-17-15)16(21)18-13-7-5-12(6-8-13)9-11-20/h3-8,10,20H,9,11H2,1-2H3,(H,18,21). The van der Waals surface area contributed by atoms with Gasteiger partial charge in [-0.15, -0.1) is 0 Å². The van der Waals surface area contributed by atoms with Gasteiger partial charge < -0.3 is 15.3 Å². The third-order valence-corrected chi connectivity index (χ3v) is 3.07. The monoisotopic (exact) mass is 285 g/mol. The van der Waals surface area contributed by atoms with Crippen molar-refractivity contribution >= 4 is 17.4 Å². The summed E-state index contributed by atoms with van der Waals surface area (Å²) < 4.78 is 0. The lowest BCUT2D eigenvalue weighted by Crippen LogP contribution is -2.19. The summed E-state index contributed by atoms with van der Waals surface area (Å²) >= 11 is 0. The molecular formula is C16H19N3O2. The Kier molecular flexibility index (Phi) is 4.90. The lowest BCUT2D eigenvalue weighted by molar-refractivity contribution is 0.102. The first-order valence-corrected chi connectivity index (χ1v) is 6.75. The molecule has 5 nitrogen and oxygen atoms in total. The maximum atomic E-state index is 12.3. The molecule has 0 fully saturated rings. The Morgan fingerprint density at radius 1 is 1.24 bits per heavy atom. The highest BCUT2D eigenvalue weighted by Crippen LogP contribution is 2.17. The van der Waals surface area contributed by atoms with Gasteiger partial charge in [-0.1, -0.05) is 12.1 Å². The van der Waals surface area contributed by atoms with Crippen molar-refractivity contribution in [2.24, 2.45) is 0 Å². The molecule has 0 aliphatic carbocycles. The van der Waals surface area contributed by atoms with Gasteiger partial charge in [0, 0.05) is 32.6 Å². The number of aliphatic hydroxyl groups is 1. The third-order valence-electron chi connectivity index (χ3n) is 3.07. The Hall–Kier alpha value is -2.40. The van der Waals surface area contributed by atoms with Crippen LogP contribution in [0.3, 0.4) is 0 Å². The molecular weight excluding hydrogens is 266 g/mol. The minimum Gasteiger partial charge on any atom is -0.396 e. The molecule has 0 saturated carbocycles. The number of aromatic nitrogens is 1. The van der Waals surface area contributed by atoms with Gasteiger partial charge in [-0.2, -0.15) is 0 Å². The number of hydrogen-bond donors (Lipinski definition) is 2. The lowest BCUT2D eigenvalue weighted by atomic mass is 10.1. The second kappa shape index (κ2) is 6.85. The van der Waals surface area contributed by atoms with Crippen molar-refractivity contribution in [3.8, 4) is 0 Å². The van der Waals surface area contributed by atoms with Gasteiger partial charge >= 0.3 is 0 Å². The molecule has 1 aromatic heterocycles. The summed E-state index contributed by atoms with van der Waals surface area (Å²) in [5, 5.41) is 11.7. The van der Waals surface area contributed by atoms with E-state index in [2.05, 4.69) is 10.3 Å². The van der Waals surface area contributed by atoms with E-state index in [1.807, 2.05) is 38.4 Å². The van der Waals surface area contributed by atoms with E-state index in [-0.39, 0.29) is 12.5 Å². The molecule has 0 spiro atoms. The molecule has 2 N–H and O–H groups in total. The van der Waals surface area contributed by atoms with Crippen molar-refractivity contribution < 1.29 is 9.90 Å². The zero-order chi connectivity index (χ0) is 15.2. The van der Waals surface area contributed by atoms with Crippen molar-refractivity contribution in [2.75, 3.05) is 30.9 Å². The fourth-order valence-corrected chi connectivity index (χ4v) is 2.01. The van der Waals surface area contributed by atoms with E-state index in [0.29, 0.717) is 17.8 Å². The molecule has 21 heavy (non-hydrogen) atoms. The molecule has 1 heterocycles. The molecule has 5 heteroatoms. The minimum atomic E-state index is -0.193. The number of hydrogen-bond acceptors (Lipinski definition) is 4. The summed E-state index contributed by atoms with van der Waals surface area (Å²) in [5.74, 6) is 0.439. The summed E-state index contributed by atoms with van der Waals surface area (Å²) in [4.78, 5) is 18.4. The molecule has 0 atom stereocenters. The van der Waals surface area contributed by atoms with Crippen LogP contribution in [0.2, 0.25) is 0 Å². The first-order valence-electron chi connectivity index (χ1n) is 6.75. The van der Waals surface area contributed by atoms with Gasteiger partial charge in [-0.05, 0) is 36.2 Å². The number of pyridine rings is 1. The normalized spacial score (nSPS) is 10.2. The highest BCUT2D eigenvalue weighted by atomic mass is 16.2. The van der Waals surface area contributed by atoms with Crippen molar-refractivity contribution in [3.63, 3.8) is 0 Å². The predicted octanol–water partition coefficient (Wildman–Crippen LogP) is 1.93. The number of aliphatic hydroxyl groups excluding tert-OH is 1. The first-order chi connectivity index (χ1) is 10.1. The van der Waals surface area contributed by atoms with Gasteiger partial charge in [-0.25, -0.2) is 4.98 Å². The summed E-state index contributed by atoms with van der Waals surface area (Å²) in [6.45, 7) is 0.119. The summed E-state index contributed by atoms with van der Waals surface area (Å²) in [6, 6.07) is 10.9. The largest absolute Gasteiger partial charge is 0.396 e. The van der Waals surface area contributed by atoms with Crippen LogP contribution >= 0.6 is 0 Å². The number of carbonyl (C=O) groups is 1. The van der Waals surface area contributed by atoms with Crippen LogP contribution < -0.4 is 10.2 Å². The number of nitrogens with zero attached hydrogens (tertiary/aromatic N) is 2. The number of nitrogens with one attached hydrogen (secondary N) is 1. The first kappa shape index (κ1) is 15.0. The van der Waals surface area contributed by atoms with Crippen LogP contribution in [0, 0.1) is 0 Å². The number of carbonyl (C=O) groups excluding carboxylic acids is 1. The quantitative estimate of drug-likeness (QED) is 0.881. The van der Waals surface area contributed by atoms with Crippen LogP contribution in [0.4, 0.5) is 11.5 Å². The van der Waals surface area contributed by atoms with Crippen LogP contribution in [0.1, 0.15) is 15.9 Å². The van der Waals surface area contributed by atoms with Gasteiger partial charge in [0.05, 0.1) is 5.56 Å². The predicted molar refractivity (Wildman–Crippen MR) is 83.7 cm³/mol. The van der Waals surface area contributed by atoms with Gasteiger partial charge in [-0.3, -0.25) is 4.79 Å². The Bertz CT molecular complexity index is 609. The van der Waals surface area contributed by atoms with E-state index in [9.17, 15) is 4.79 Å². The fourth-order valence-electron chi connectivity index (χ4n) is 2.01. The lowest BCUT2D eigenvalue weighted by Gasteiger charge is -2.15. The maximum Gasteiger partial charge on any atom is 0.259 e. The molecule has 2 rings (SSSR count). The Morgan fingerprint density at radius 3 is 2.57 bits per heavy atom. The van der Waals surface area contributed by atoms with Crippen LogP contribution in [-0.4, -0.2) is 36.7 Å². The second-order valence-corrected chi connectivity index (χ2v) is 4.89. The molecule has 0 saturated heterocycles. The van der Waals surface area contributed by atoms with Crippen molar-refractivity contribution in [1.82, 2.24) is 4.98 Å². The fraction of sp³-hybridized carbons (Fsp3) is 0.250. The average molecular weight is 285 g/mol. The second-order valence-electron chi connectivity index (χ2n) is 4.89. The van der Waals surface area contributed by atoms with Crippen molar-refractivity contribution in [2.45, 2.75) is 6.42 Å². The minimum absolute atomic E-state index is 0.119. The SMILES string of the molecule is CN(C)c1ncccc1C(=O)Nc1ccc(CCO)cc1. The third kappa shape index (κ3) is 3.79. The van der Waals surface area contributed by atoms with Crippen molar-refractivity contribution in [1.29, 1.82) is 0 Å². The molecule has 1 amide bonds. The van der Waals surface area contributed by atoms with Gasteiger partial charge in [0.2, 0.25) is 0 Å². The van der Waals surface area contributed by atoms with Gasteiger partial charge in [0.25, 0.3) is 5.91 Å². The van der Waals surface area contributed by atoms with E-state index in [4.69, 9.17) is 5.11 Å². The molecule has 0 bridgehead atoms. The van der Waals surface area contributed by atoms with Crippen molar-refractivity contribution in [3.05, 3.63) is 53.7 Å². The Labute approximate surface area is 124 Å². The van der Waals surface area contributed by atoms with E-state index in [0.717, 1.165) is 11.3 Å². The zero-order valence-electron chi connectivity index (χ0n) is 12.2. The number of rotatable bonds is 5. The molecule has 0 aliphatic rings. The molecule has 1 aromatic carbocycles. The molecule has 0 unspecified atom stereocenters.